The molecule has 144 valence electrons. The van der Waals surface area contributed by atoms with Gasteiger partial charge in [-0.15, -0.1) is 0 Å². The average Bonchev–Trinajstić information content (AvgIpc) is 3.08. The summed E-state index contributed by atoms with van der Waals surface area (Å²) in [5.41, 5.74) is 1.37. The molecule has 2 fully saturated rings. The highest BCUT2D eigenvalue weighted by Crippen LogP contribution is 2.38. The van der Waals surface area contributed by atoms with Crippen LogP contribution >= 0.6 is 11.6 Å². The van der Waals surface area contributed by atoms with Crippen LogP contribution in [0.25, 0.3) is 0 Å². The van der Waals surface area contributed by atoms with Crippen LogP contribution in [0.15, 0.2) is 18.2 Å². The zero-order valence-electron chi connectivity index (χ0n) is 14.4. The molecule has 2 atom stereocenters. The van der Waals surface area contributed by atoms with Gasteiger partial charge in [0.25, 0.3) is 0 Å². The van der Waals surface area contributed by atoms with Crippen molar-refractivity contribution in [3.8, 4) is 0 Å². The van der Waals surface area contributed by atoms with Gasteiger partial charge in [-0.2, -0.15) is 13.2 Å². The van der Waals surface area contributed by atoms with E-state index in [0.717, 1.165) is 31.6 Å². The maximum atomic E-state index is 13.2. The van der Waals surface area contributed by atoms with Gasteiger partial charge in [0.15, 0.2) is 0 Å². The molecule has 3 rings (SSSR count). The van der Waals surface area contributed by atoms with Gasteiger partial charge in [-0.25, -0.2) is 4.79 Å². The van der Waals surface area contributed by atoms with Gasteiger partial charge in [-0.05, 0) is 43.9 Å². The molecule has 2 aliphatic rings. The van der Waals surface area contributed by atoms with Gasteiger partial charge < -0.3 is 15.5 Å². The van der Waals surface area contributed by atoms with Gasteiger partial charge in [-0.1, -0.05) is 24.4 Å². The molecule has 1 saturated carbocycles. The monoisotopic (exact) mass is 389 g/mol. The second-order valence-electron chi connectivity index (χ2n) is 6.99. The number of hydrogen-bond acceptors (Lipinski definition) is 2. The number of urea groups is 1. The summed E-state index contributed by atoms with van der Waals surface area (Å²) in [6.07, 6.45) is -0.524. The van der Waals surface area contributed by atoms with E-state index < -0.39 is 24.2 Å². The molecule has 1 heterocycles. The largest absolute Gasteiger partial charge is 0.393 e. The molecule has 2 amide bonds. The fourth-order valence-electron chi connectivity index (χ4n) is 3.86. The predicted molar refractivity (Wildman–Crippen MR) is 96.9 cm³/mol. The van der Waals surface area contributed by atoms with Crippen LogP contribution in [-0.4, -0.2) is 31.3 Å². The number of halogens is 4. The molecule has 0 radical (unpaired) electrons. The van der Waals surface area contributed by atoms with Crippen molar-refractivity contribution in [1.82, 2.24) is 5.32 Å². The molecule has 1 aliphatic carbocycles. The molecule has 8 heteroatoms. The van der Waals surface area contributed by atoms with Crippen molar-refractivity contribution in [1.29, 1.82) is 0 Å². The summed E-state index contributed by atoms with van der Waals surface area (Å²) in [6, 6.07) is 3.71. The van der Waals surface area contributed by atoms with Crippen LogP contribution in [0.4, 0.5) is 29.3 Å². The first-order chi connectivity index (χ1) is 12.3. The van der Waals surface area contributed by atoms with Crippen molar-refractivity contribution in [2.75, 3.05) is 23.3 Å². The van der Waals surface area contributed by atoms with Crippen molar-refractivity contribution in [3.63, 3.8) is 0 Å². The van der Waals surface area contributed by atoms with Gasteiger partial charge in [0.1, 0.15) is 0 Å². The highest BCUT2D eigenvalue weighted by atomic mass is 35.5. The van der Waals surface area contributed by atoms with Crippen LogP contribution in [0.5, 0.6) is 0 Å². The lowest BCUT2D eigenvalue weighted by atomic mass is 9.84. The summed E-state index contributed by atoms with van der Waals surface area (Å²) in [6.45, 7) is 1.77. The van der Waals surface area contributed by atoms with E-state index in [-0.39, 0.29) is 6.42 Å². The third-order valence-electron chi connectivity index (χ3n) is 5.16. The number of carbonyl (C=O) groups is 1. The lowest BCUT2D eigenvalue weighted by molar-refractivity contribution is -0.187. The minimum atomic E-state index is -4.30. The molecule has 0 spiro atoms. The Morgan fingerprint density at radius 2 is 1.81 bits per heavy atom. The van der Waals surface area contributed by atoms with Crippen molar-refractivity contribution >= 4 is 29.0 Å². The molecule has 1 aliphatic heterocycles. The minimum Gasteiger partial charge on any atom is -0.370 e. The summed E-state index contributed by atoms with van der Waals surface area (Å²) in [5.74, 6) is -1.49. The van der Waals surface area contributed by atoms with Crippen molar-refractivity contribution in [2.45, 2.75) is 50.7 Å². The molecule has 1 aromatic carbocycles. The smallest absolute Gasteiger partial charge is 0.370 e. The summed E-state index contributed by atoms with van der Waals surface area (Å²) in [5, 5.41) is 5.70. The Morgan fingerprint density at radius 3 is 2.50 bits per heavy atom. The predicted octanol–water partition coefficient (Wildman–Crippen LogP) is 5.18. The Labute approximate surface area is 156 Å². The molecule has 0 aromatic heterocycles. The fourth-order valence-corrected chi connectivity index (χ4v) is 4.04. The Morgan fingerprint density at radius 1 is 1.12 bits per heavy atom. The second-order valence-corrected chi connectivity index (χ2v) is 7.43. The van der Waals surface area contributed by atoms with E-state index in [1.54, 1.807) is 12.1 Å². The first-order valence-corrected chi connectivity index (χ1v) is 9.41. The average molecular weight is 390 g/mol. The number of benzene rings is 1. The zero-order chi connectivity index (χ0) is 18.7. The maximum absolute atomic E-state index is 13.2. The van der Waals surface area contributed by atoms with E-state index in [9.17, 15) is 18.0 Å². The van der Waals surface area contributed by atoms with E-state index in [1.807, 2.05) is 6.07 Å². The third-order valence-corrected chi connectivity index (χ3v) is 5.39. The third kappa shape index (κ3) is 4.55. The number of alkyl halides is 3. The molecule has 0 bridgehead atoms. The lowest BCUT2D eigenvalue weighted by Crippen LogP contribution is -2.49. The summed E-state index contributed by atoms with van der Waals surface area (Å²) in [4.78, 5) is 14.5. The normalized spacial score (nSPS) is 23.8. The number of amides is 2. The van der Waals surface area contributed by atoms with Crippen molar-refractivity contribution in [2.24, 2.45) is 5.92 Å². The van der Waals surface area contributed by atoms with Gasteiger partial charge in [0, 0.05) is 24.2 Å². The van der Waals surface area contributed by atoms with E-state index in [1.165, 1.54) is 0 Å². The molecule has 4 nitrogen and oxygen atoms in total. The van der Waals surface area contributed by atoms with Gasteiger partial charge in [-0.3, -0.25) is 0 Å². The number of anilines is 2. The maximum Gasteiger partial charge on any atom is 0.393 e. The molecule has 2 N–H and O–H groups in total. The van der Waals surface area contributed by atoms with Gasteiger partial charge in [0.2, 0.25) is 0 Å². The summed E-state index contributed by atoms with van der Waals surface area (Å²) in [7, 11) is 0. The zero-order valence-corrected chi connectivity index (χ0v) is 15.2. The van der Waals surface area contributed by atoms with Crippen LogP contribution < -0.4 is 15.5 Å². The topological polar surface area (TPSA) is 44.4 Å². The number of nitrogens with one attached hydrogen (secondary N) is 2. The highest BCUT2D eigenvalue weighted by molar-refractivity contribution is 6.31. The Bertz CT molecular complexity index is 647. The number of hydrogen-bond donors (Lipinski definition) is 2. The van der Waals surface area contributed by atoms with E-state index >= 15 is 0 Å². The lowest BCUT2D eigenvalue weighted by Gasteiger charge is -2.33. The first kappa shape index (κ1) is 19.1. The standard InChI is InChI=1S/C18H23ClF3N3O/c19-12-7-8-16(25-9-3-4-10-25)15(11-12)24-17(26)23-14-6-2-1-5-13(14)18(20,21)22/h7-8,11,13-14H,1-6,9-10H2,(H2,23,24,26)/t13-,14-/m1/s1. The van der Waals surface area contributed by atoms with E-state index in [2.05, 4.69) is 15.5 Å². The molecule has 0 unspecified atom stereocenters. The van der Waals surface area contributed by atoms with Crippen molar-refractivity contribution in [3.05, 3.63) is 23.2 Å². The van der Waals surface area contributed by atoms with Crippen LogP contribution in [0, 0.1) is 5.92 Å². The summed E-state index contributed by atoms with van der Waals surface area (Å²) >= 11 is 6.04. The van der Waals surface area contributed by atoms with Crippen LogP contribution in [-0.2, 0) is 0 Å². The van der Waals surface area contributed by atoms with Crippen molar-refractivity contribution < 1.29 is 18.0 Å². The Hall–Kier alpha value is -1.63. The molecular formula is C18H23ClF3N3O. The van der Waals surface area contributed by atoms with Crippen LogP contribution in [0.1, 0.15) is 38.5 Å². The number of rotatable bonds is 3. The van der Waals surface area contributed by atoms with Gasteiger partial charge >= 0.3 is 12.2 Å². The van der Waals surface area contributed by atoms with Crippen LogP contribution in [0.3, 0.4) is 0 Å². The van der Waals surface area contributed by atoms with Gasteiger partial charge in [0.05, 0.1) is 17.3 Å². The number of nitrogens with zero attached hydrogens (tertiary/aromatic N) is 1. The SMILES string of the molecule is O=C(Nc1cc(Cl)ccc1N1CCCC1)N[C@@H]1CCCC[C@H]1C(F)(F)F. The molecule has 1 saturated heterocycles. The number of carbonyl (C=O) groups excluding carboxylic acids is 1. The molecular weight excluding hydrogens is 367 g/mol. The molecule has 26 heavy (non-hydrogen) atoms. The summed E-state index contributed by atoms with van der Waals surface area (Å²) < 4.78 is 39.6. The fraction of sp³-hybridized carbons (Fsp3) is 0.611. The second kappa shape index (κ2) is 7.94. The van der Waals surface area contributed by atoms with E-state index in [4.69, 9.17) is 11.6 Å². The Kier molecular flexibility index (Phi) is 5.85. The first-order valence-electron chi connectivity index (χ1n) is 9.03. The molecule has 1 aromatic rings. The van der Waals surface area contributed by atoms with Crippen LogP contribution in [0.2, 0.25) is 5.02 Å². The Balaban J connectivity index is 1.70. The highest BCUT2D eigenvalue weighted by Gasteiger charge is 2.46. The van der Waals surface area contributed by atoms with E-state index in [0.29, 0.717) is 30.0 Å². The minimum absolute atomic E-state index is 0.0602. The quantitative estimate of drug-likeness (QED) is 0.747.